The molecule has 0 fully saturated rings. The van der Waals surface area contributed by atoms with Crippen molar-refractivity contribution < 1.29 is 31.1 Å². The molecule has 0 spiro atoms. The number of esters is 1. The van der Waals surface area contributed by atoms with Gasteiger partial charge in [0, 0.05) is 42.5 Å². The van der Waals surface area contributed by atoms with Gasteiger partial charge >= 0.3 is 12.1 Å². The van der Waals surface area contributed by atoms with Crippen LogP contribution < -0.4 is 4.74 Å². The number of H-pyrrole nitrogens is 1. The van der Waals surface area contributed by atoms with Crippen LogP contribution in [-0.4, -0.2) is 46.8 Å². The summed E-state index contributed by atoms with van der Waals surface area (Å²) in [7, 11) is -3.76. The van der Waals surface area contributed by atoms with E-state index in [4.69, 9.17) is 0 Å². The van der Waals surface area contributed by atoms with Crippen molar-refractivity contribution in [1.29, 1.82) is 0 Å². The molecule has 0 unspecified atom stereocenters. The number of aromatic amines is 1. The van der Waals surface area contributed by atoms with E-state index >= 15 is 0 Å². The first kappa shape index (κ1) is 24.1. The van der Waals surface area contributed by atoms with Gasteiger partial charge in [-0.25, -0.2) is 23.2 Å². The van der Waals surface area contributed by atoms with Gasteiger partial charge in [-0.1, -0.05) is 30.3 Å². The first-order valence-electron chi connectivity index (χ1n) is 10.0. The van der Waals surface area contributed by atoms with E-state index in [0.29, 0.717) is 17.9 Å². The fraction of sp³-hybridized carbons (Fsp3) is 0.130. The maximum Gasteiger partial charge on any atom is 0.491 e. The number of aromatic nitrogens is 4. The van der Waals surface area contributed by atoms with Crippen LogP contribution in [0, 0.1) is 0 Å². The van der Waals surface area contributed by atoms with Gasteiger partial charge in [0.25, 0.3) is 0 Å². The number of nitrogens with one attached hydrogen (secondary N) is 1. The Kier molecular flexibility index (Phi) is 6.39. The molecule has 0 aliphatic carbocycles. The maximum atomic E-state index is 12.8. The molecule has 180 valence electrons. The Morgan fingerprint density at radius 1 is 1.03 bits per heavy atom. The second-order valence-electron chi connectivity index (χ2n) is 7.53. The molecule has 0 radical (unpaired) electrons. The first-order chi connectivity index (χ1) is 16.5. The number of carbonyl (C=O) groups is 1. The molecule has 4 aromatic rings. The summed E-state index contributed by atoms with van der Waals surface area (Å²) >= 11 is 0. The number of pyridine rings is 2. The quantitative estimate of drug-likeness (QED) is 0.397. The molecule has 8 nitrogen and oxygen atoms in total. The van der Waals surface area contributed by atoms with Gasteiger partial charge in [-0.15, -0.1) is 0 Å². The Balaban J connectivity index is 1.72. The lowest BCUT2D eigenvalue weighted by molar-refractivity contribution is -0.189. The molecule has 35 heavy (non-hydrogen) atoms. The lowest BCUT2D eigenvalue weighted by Gasteiger charge is -2.12. The highest BCUT2D eigenvalue weighted by Crippen LogP contribution is 2.33. The van der Waals surface area contributed by atoms with E-state index in [2.05, 4.69) is 24.7 Å². The molecule has 0 saturated heterocycles. The highest BCUT2D eigenvalue weighted by atomic mass is 32.2. The Bertz CT molecular complexity index is 1490. The molecule has 3 heterocycles. The Morgan fingerprint density at radius 3 is 2.46 bits per heavy atom. The SMILES string of the molecule is CS(=O)(=O)c1cnc(OC(=O)C(F)(F)F)c(-c2ccnc(-c3ncc(Cc4ccccc4)[nH]3)c2)c1. The lowest BCUT2D eigenvalue weighted by atomic mass is 10.1. The van der Waals surface area contributed by atoms with E-state index in [-0.39, 0.29) is 16.0 Å². The largest absolute Gasteiger partial charge is 0.491 e. The number of halogens is 3. The number of sulfone groups is 1. The predicted molar refractivity (Wildman–Crippen MR) is 119 cm³/mol. The summed E-state index contributed by atoms with van der Waals surface area (Å²) in [6.07, 6.45) is 0.0742. The number of rotatable bonds is 6. The van der Waals surface area contributed by atoms with Crippen molar-refractivity contribution in [2.45, 2.75) is 17.5 Å². The summed E-state index contributed by atoms with van der Waals surface area (Å²) in [6, 6.07) is 13.6. The molecule has 0 saturated carbocycles. The third kappa shape index (κ3) is 5.72. The lowest BCUT2D eigenvalue weighted by Crippen LogP contribution is -2.28. The highest BCUT2D eigenvalue weighted by Gasteiger charge is 2.42. The molecule has 0 aliphatic heterocycles. The Hall–Kier alpha value is -4.06. The summed E-state index contributed by atoms with van der Waals surface area (Å²) in [5.41, 5.74) is 2.28. The van der Waals surface area contributed by atoms with E-state index < -0.39 is 27.9 Å². The number of benzene rings is 1. The molecule has 0 amide bonds. The summed E-state index contributed by atoms with van der Waals surface area (Å²) in [5.74, 6) is -2.79. The third-order valence-electron chi connectivity index (χ3n) is 4.85. The van der Waals surface area contributed by atoms with Gasteiger partial charge in [-0.05, 0) is 29.3 Å². The van der Waals surface area contributed by atoms with Crippen LogP contribution in [0.2, 0.25) is 0 Å². The van der Waals surface area contributed by atoms with Crippen molar-refractivity contribution in [2.24, 2.45) is 0 Å². The number of hydrogen-bond donors (Lipinski definition) is 1. The number of hydrogen-bond acceptors (Lipinski definition) is 7. The van der Waals surface area contributed by atoms with Crippen LogP contribution in [0.5, 0.6) is 5.88 Å². The molecule has 0 atom stereocenters. The molecule has 12 heteroatoms. The average molecular weight is 502 g/mol. The number of ether oxygens (including phenoxy) is 1. The predicted octanol–water partition coefficient (Wildman–Crippen LogP) is 4.00. The Morgan fingerprint density at radius 2 is 1.77 bits per heavy atom. The van der Waals surface area contributed by atoms with E-state index in [9.17, 15) is 26.4 Å². The van der Waals surface area contributed by atoms with Gasteiger partial charge in [0.15, 0.2) is 15.7 Å². The minimum absolute atomic E-state index is 0.134. The van der Waals surface area contributed by atoms with Crippen molar-refractivity contribution in [3.05, 3.63) is 78.4 Å². The zero-order chi connectivity index (χ0) is 25.2. The fourth-order valence-electron chi connectivity index (χ4n) is 3.19. The molecule has 3 aromatic heterocycles. The van der Waals surface area contributed by atoms with Crippen molar-refractivity contribution in [1.82, 2.24) is 19.9 Å². The smallest absolute Gasteiger partial charge is 0.400 e. The van der Waals surface area contributed by atoms with E-state index in [1.54, 1.807) is 6.20 Å². The molecule has 1 aromatic carbocycles. The van der Waals surface area contributed by atoms with E-state index in [1.165, 1.54) is 18.3 Å². The van der Waals surface area contributed by atoms with Crippen LogP contribution in [0.3, 0.4) is 0 Å². The summed E-state index contributed by atoms with van der Waals surface area (Å²) in [4.78, 5) is 26.5. The molecule has 4 rings (SSSR count). The summed E-state index contributed by atoms with van der Waals surface area (Å²) < 4.78 is 66.7. The summed E-state index contributed by atoms with van der Waals surface area (Å²) in [5, 5.41) is 0. The average Bonchev–Trinajstić information content (AvgIpc) is 3.27. The second kappa shape index (κ2) is 9.29. The van der Waals surface area contributed by atoms with Gasteiger partial charge in [-0.3, -0.25) is 4.98 Å². The van der Waals surface area contributed by atoms with Crippen molar-refractivity contribution in [3.63, 3.8) is 0 Å². The standard InChI is InChI=1S/C23H17F3N4O4S/c1-35(32,33)17-11-18(21(29-13-17)34-22(31)23(24,25)26)15-7-8-27-19(10-15)20-28-12-16(30-20)9-14-5-3-2-4-6-14/h2-8,10-13H,9H2,1H3,(H,28,30). The monoisotopic (exact) mass is 502 g/mol. The van der Waals surface area contributed by atoms with Crippen LogP contribution in [0.4, 0.5) is 13.2 Å². The van der Waals surface area contributed by atoms with Crippen LogP contribution >= 0.6 is 0 Å². The number of imidazole rings is 1. The van der Waals surface area contributed by atoms with Crippen LogP contribution in [0.25, 0.3) is 22.6 Å². The maximum absolute atomic E-state index is 12.8. The molecular weight excluding hydrogens is 485 g/mol. The summed E-state index contributed by atoms with van der Waals surface area (Å²) in [6.45, 7) is 0. The van der Waals surface area contributed by atoms with Crippen molar-refractivity contribution in [2.75, 3.05) is 6.26 Å². The van der Waals surface area contributed by atoms with Gasteiger partial charge in [-0.2, -0.15) is 13.2 Å². The third-order valence-corrected chi connectivity index (χ3v) is 5.93. The van der Waals surface area contributed by atoms with Gasteiger partial charge in [0.1, 0.15) is 5.69 Å². The van der Waals surface area contributed by atoms with E-state index in [0.717, 1.165) is 29.8 Å². The Labute approximate surface area is 197 Å². The minimum Gasteiger partial charge on any atom is -0.400 e. The van der Waals surface area contributed by atoms with Gasteiger partial charge in [0.05, 0.1) is 4.90 Å². The van der Waals surface area contributed by atoms with Gasteiger partial charge in [0.2, 0.25) is 5.88 Å². The van der Waals surface area contributed by atoms with Crippen molar-refractivity contribution in [3.8, 4) is 28.5 Å². The minimum atomic E-state index is -5.26. The molecular formula is C23H17F3N4O4S. The normalized spacial score (nSPS) is 11.9. The topological polar surface area (TPSA) is 115 Å². The zero-order valence-corrected chi connectivity index (χ0v) is 18.9. The highest BCUT2D eigenvalue weighted by molar-refractivity contribution is 7.90. The molecule has 1 N–H and O–H groups in total. The number of nitrogens with zero attached hydrogens (tertiary/aromatic N) is 3. The second-order valence-corrected chi connectivity index (χ2v) is 9.55. The number of carbonyl (C=O) groups excluding carboxylic acids is 1. The van der Waals surface area contributed by atoms with Crippen LogP contribution in [0.1, 0.15) is 11.3 Å². The van der Waals surface area contributed by atoms with Gasteiger partial charge < -0.3 is 9.72 Å². The number of alkyl halides is 3. The molecule has 0 bridgehead atoms. The van der Waals surface area contributed by atoms with Crippen LogP contribution in [-0.2, 0) is 21.1 Å². The molecule has 0 aliphatic rings. The fourth-order valence-corrected chi connectivity index (χ4v) is 3.77. The van der Waals surface area contributed by atoms with Crippen LogP contribution in [0.15, 0.2) is 72.0 Å². The van der Waals surface area contributed by atoms with Crippen molar-refractivity contribution >= 4 is 15.8 Å². The zero-order valence-electron chi connectivity index (χ0n) is 18.1. The van der Waals surface area contributed by atoms with E-state index in [1.807, 2.05) is 30.3 Å². The first-order valence-corrected chi connectivity index (χ1v) is 11.9.